The van der Waals surface area contributed by atoms with Gasteiger partial charge in [0.15, 0.2) is 15.8 Å². The minimum absolute atomic E-state index is 0. The Morgan fingerprint density at radius 3 is 2.56 bits per heavy atom. The van der Waals surface area contributed by atoms with Gasteiger partial charge in [-0.15, -0.1) is 24.0 Å². The number of rotatable bonds is 5. The molecule has 1 aromatic carbocycles. The van der Waals surface area contributed by atoms with Crippen molar-refractivity contribution in [2.24, 2.45) is 10.9 Å². The molecule has 0 amide bonds. The lowest BCUT2D eigenvalue weighted by molar-refractivity contribution is 0.266. The van der Waals surface area contributed by atoms with Crippen LogP contribution in [-0.2, 0) is 16.3 Å². The molecule has 1 aliphatic rings. The molecule has 5 nitrogen and oxygen atoms in total. The van der Waals surface area contributed by atoms with Crippen molar-refractivity contribution >= 4 is 39.8 Å². The van der Waals surface area contributed by atoms with Gasteiger partial charge in [0.2, 0.25) is 0 Å². The standard InChI is InChI=1S/C18H29N3O2S.HI/c1-4-19-18(21-13-5-6-15(2)14-21)20-12-11-16-7-9-17(10-8-16)24(3,22)23;/h7-10,15H,4-6,11-14H2,1-3H3,(H,19,20);1H. The number of nitrogens with zero attached hydrogens (tertiary/aromatic N) is 2. The first-order valence-electron chi connectivity index (χ1n) is 8.72. The number of nitrogens with one attached hydrogen (secondary N) is 1. The summed E-state index contributed by atoms with van der Waals surface area (Å²) in [7, 11) is -3.12. The van der Waals surface area contributed by atoms with Gasteiger partial charge in [-0.3, -0.25) is 4.99 Å². The van der Waals surface area contributed by atoms with E-state index in [1.54, 1.807) is 12.1 Å². The Morgan fingerprint density at radius 1 is 1.32 bits per heavy atom. The van der Waals surface area contributed by atoms with E-state index >= 15 is 0 Å². The van der Waals surface area contributed by atoms with Crippen molar-refractivity contribution < 1.29 is 8.42 Å². The van der Waals surface area contributed by atoms with Crippen LogP contribution >= 0.6 is 24.0 Å². The van der Waals surface area contributed by atoms with Gasteiger partial charge in [0, 0.05) is 32.4 Å². The van der Waals surface area contributed by atoms with Gasteiger partial charge in [-0.05, 0) is 49.8 Å². The Morgan fingerprint density at radius 2 is 2.00 bits per heavy atom. The molecule has 1 atom stereocenters. The Bertz CT molecular complexity index is 659. The van der Waals surface area contributed by atoms with E-state index in [0.717, 1.165) is 37.6 Å². The van der Waals surface area contributed by atoms with E-state index in [2.05, 4.69) is 24.1 Å². The summed E-state index contributed by atoms with van der Waals surface area (Å²) in [6.45, 7) is 8.08. The van der Waals surface area contributed by atoms with Crippen LogP contribution in [0.15, 0.2) is 34.2 Å². The molecule has 25 heavy (non-hydrogen) atoms. The third kappa shape index (κ3) is 7.13. The maximum atomic E-state index is 11.5. The van der Waals surface area contributed by atoms with Crippen LogP contribution in [0, 0.1) is 5.92 Å². The average molecular weight is 479 g/mol. The lowest BCUT2D eigenvalue weighted by Gasteiger charge is -2.33. The minimum Gasteiger partial charge on any atom is -0.357 e. The zero-order valence-corrected chi connectivity index (χ0v) is 18.5. The number of halogens is 1. The Balaban J connectivity index is 0.00000312. The Kier molecular flexibility index (Phi) is 9.20. The molecular formula is C18H30IN3O2S. The highest BCUT2D eigenvalue weighted by Crippen LogP contribution is 2.15. The van der Waals surface area contributed by atoms with E-state index in [-0.39, 0.29) is 24.0 Å². The predicted molar refractivity (Wildman–Crippen MR) is 115 cm³/mol. The number of piperidine rings is 1. The average Bonchev–Trinajstić information content (AvgIpc) is 2.54. The smallest absolute Gasteiger partial charge is 0.193 e. The van der Waals surface area contributed by atoms with E-state index in [4.69, 9.17) is 4.99 Å². The second-order valence-corrected chi connectivity index (χ2v) is 8.61. The monoisotopic (exact) mass is 479 g/mol. The zero-order valence-electron chi connectivity index (χ0n) is 15.4. The van der Waals surface area contributed by atoms with Gasteiger partial charge in [0.1, 0.15) is 0 Å². The lowest BCUT2D eigenvalue weighted by atomic mass is 10.0. The van der Waals surface area contributed by atoms with Crippen LogP contribution in [0.2, 0.25) is 0 Å². The molecule has 7 heteroatoms. The number of guanidine groups is 1. The normalized spacial score (nSPS) is 18.6. The number of likely N-dealkylation sites (tertiary alicyclic amines) is 1. The van der Waals surface area contributed by atoms with E-state index in [9.17, 15) is 8.42 Å². The number of sulfone groups is 1. The second-order valence-electron chi connectivity index (χ2n) is 6.60. The summed E-state index contributed by atoms with van der Waals surface area (Å²) in [6.07, 6.45) is 4.55. The van der Waals surface area contributed by atoms with Gasteiger partial charge in [-0.2, -0.15) is 0 Å². The first-order valence-corrected chi connectivity index (χ1v) is 10.6. The summed E-state index contributed by atoms with van der Waals surface area (Å²) in [5.74, 6) is 1.71. The van der Waals surface area contributed by atoms with Crippen molar-refractivity contribution in [3.8, 4) is 0 Å². The molecule has 2 rings (SSSR count). The van der Waals surface area contributed by atoms with Crippen molar-refractivity contribution in [3.63, 3.8) is 0 Å². The van der Waals surface area contributed by atoms with Gasteiger partial charge >= 0.3 is 0 Å². The molecule has 0 bridgehead atoms. The zero-order chi connectivity index (χ0) is 17.6. The maximum Gasteiger partial charge on any atom is 0.193 e. The second kappa shape index (κ2) is 10.4. The number of hydrogen-bond donors (Lipinski definition) is 1. The molecule has 142 valence electrons. The Hall–Kier alpha value is -0.830. The van der Waals surface area contributed by atoms with Crippen LogP contribution in [-0.4, -0.2) is 51.7 Å². The molecule has 1 saturated heterocycles. The SMILES string of the molecule is CCNC(=NCCc1ccc(S(C)(=O)=O)cc1)N1CCCC(C)C1.I. The molecule has 0 aromatic heterocycles. The topological polar surface area (TPSA) is 61.8 Å². The van der Waals surface area contributed by atoms with Gasteiger partial charge in [-0.1, -0.05) is 19.1 Å². The molecule has 0 aliphatic carbocycles. The van der Waals surface area contributed by atoms with E-state index < -0.39 is 9.84 Å². The summed E-state index contributed by atoms with van der Waals surface area (Å²) in [5.41, 5.74) is 1.11. The van der Waals surface area contributed by atoms with E-state index in [0.29, 0.717) is 17.4 Å². The summed E-state index contributed by atoms with van der Waals surface area (Å²) >= 11 is 0. The molecule has 1 aliphatic heterocycles. The molecule has 1 fully saturated rings. The summed E-state index contributed by atoms with van der Waals surface area (Å²) in [5, 5.41) is 3.38. The van der Waals surface area contributed by atoms with E-state index in [1.807, 2.05) is 12.1 Å². The number of aliphatic imine (C=N–C) groups is 1. The summed E-state index contributed by atoms with van der Waals surface area (Å²) < 4.78 is 23.0. The molecule has 1 N–H and O–H groups in total. The largest absolute Gasteiger partial charge is 0.357 e. The Labute approximate surface area is 169 Å². The number of hydrogen-bond acceptors (Lipinski definition) is 3. The third-order valence-corrected chi connectivity index (χ3v) is 5.43. The van der Waals surface area contributed by atoms with Crippen LogP contribution in [0.3, 0.4) is 0 Å². The van der Waals surface area contributed by atoms with Gasteiger partial charge in [0.25, 0.3) is 0 Å². The van der Waals surface area contributed by atoms with Crippen LogP contribution < -0.4 is 5.32 Å². The first-order chi connectivity index (χ1) is 11.4. The van der Waals surface area contributed by atoms with E-state index in [1.165, 1.54) is 19.1 Å². The van der Waals surface area contributed by atoms with Crippen LogP contribution in [0.1, 0.15) is 32.3 Å². The molecule has 0 radical (unpaired) electrons. The van der Waals surface area contributed by atoms with Crippen molar-refractivity contribution in [2.75, 3.05) is 32.4 Å². The van der Waals surface area contributed by atoms with Gasteiger partial charge < -0.3 is 10.2 Å². The van der Waals surface area contributed by atoms with Crippen LogP contribution in [0.4, 0.5) is 0 Å². The van der Waals surface area contributed by atoms with Crippen LogP contribution in [0.25, 0.3) is 0 Å². The first kappa shape index (κ1) is 22.2. The van der Waals surface area contributed by atoms with Gasteiger partial charge in [-0.25, -0.2) is 8.42 Å². The summed E-state index contributed by atoms with van der Waals surface area (Å²) in [4.78, 5) is 7.47. The quantitative estimate of drug-likeness (QED) is 0.401. The van der Waals surface area contributed by atoms with Crippen molar-refractivity contribution in [2.45, 2.75) is 38.0 Å². The fraction of sp³-hybridized carbons (Fsp3) is 0.611. The van der Waals surface area contributed by atoms with Crippen molar-refractivity contribution in [3.05, 3.63) is 29.8 Å². The fourth-order valence-corrected chi connectivity index (χ4v) is 3.63. The highest BCUT2D eigenvalue weighted by molar-refractivity contribution is 14.0. The molecule has 0 saturated carbocycles. The maximum absolute atomic E-state index is 11.5. The van der Waals surface area contributed by atoms with Crippen molar-refractivity contribution in [1.82, 2.24) is 10.2 Å². The number of benzene rings is 1. The highest BCUT2D eigenvalue weighted by Gasteiger charge is 2.18. The van der Waals surface area contributed by atoms with Crippen LogP contribution in [0.5, 0.6) is 0 Å². The highest BCUT2D eigenvalue weighted by atomic mass is 127. The lowest BCUT2D eigenvalue weighted by Crippen LogP contribution is -2.46. The molecule has 1 heterocycles. The minimum atomic E-state index is -3.12. The summed E-state index contributed by atoms with van der Waals surface area (Å²) in [6, 6.07) is 7.10. The molecule has 0 spiro atoms. The third-order valence-electron chi connectivity index (χ3n) is 4.30. The fourth-order valence-electron chi connectivity index (χ4n) is 3.00. The van der Waals surface area contributed by atoms with Crippen molar-refractivity contribution in [1.29, 1.82) is 0 Å². The molecular weight excluding hydrogens is 449 g/mol. The van der Waals surface area contributed by atoms with Gasteiger partial charge in [0.05, 0.1) is 4.90 Å². The molecule has 1 unspecified atom stereocenters. The molecule has 1 aromatic rings. The predicted octanol–water partition coefficient (Wildman–Crippen LogP) is 2.95.